The monoisotopic (exact) mass is 310 g/mol. The van der Waals surface area contributed by atoms with Crippen molar-refractivity contribution in [3.63, 3.8) is 0 Å². The molecular weight excluding hydrogens is 284 g/mol. The molecule has 0 unspecified atom stereocenters. The van der Waals surface area contributed by atoms with Gasteiger partial charge in [-0.2, -0.15) is 0 Å². The van der Waals surface area contributed by atoms with Gasteiger partial charge in [-0.1, -0.05) is 37.6 Å². The number of carbonyl (C=O) groups excluding carboxylic acids is 1. The smallest absolute Gasteiger partial charge is 0.164 e. The number of halogens is 1. The average molecular weight is 311 g/mol. The van der Waals surface area contributed by atoms with E-state index in [1.54, 1.807) is 12.1 Å². The van der Waals surface area contributed by atoms with Crippen molar-refractivity contribution in [2.75, 3.05) is 40.3 Å². The third kappa shape index (κ3) is 7.60. The van der Waals surface area contributed by atoms with Crippen molar-refractivity contribution in [1.29, 1.82) is 0 Å². The molecule has 0 aliphatic heterocycles. The Bertz CT molecular complexity index is 446. The Balaban J connectivity index is 2.52. The molecule has 1 rings (SSSR count). The van der Waals surface area contributed by atoms with Crippen LogP contribution in [0.2, 0.25) is 5.02 Å². The van der Waals surface area contributed by atoms with Crippen molar-refractivity contribution in [2.24, 2.45) is 5.92 Å². The highest BCUT2D eigenvalue weighted by Crippen LogP contribution is 2.13. The van der Waals surface area contributed by atoms with E-state index in [2.05, 4.69) is 37.7 Å². The van der Waals surface area contributed by atoms with E-state index in [1.165, 1.54) is 0 Å². The number of hydrogen-bond donors (Lipinski definition) is 0. The fourth-order valence-electron chi connectivity index (χ4n) is 2.22. The summed E-state index contributed by atoms with van der Waals surface area (Å²) in [6, 6.07) is 7.20. The fourth-order valence-corrected chi connectivity index (χ4v) is 2.41. The molecule has 0 atom stereocenters. The van der Waals surface area contributed by atoms with Crippen LogP contribution in [0, 0.1) is 5.92 Å². The molecule has 118 valence electrons. The summed E-state index contributed by atoms with van der Waals surface area (Å²) in [7, 11) is 4.15. The third-order valence-electron chi connectivity index (χ3n) is 3.29. The largest absolute Gasteiger partial charge is 0.308 e. The first kappa shape index (κ1) is 18.1. The zero-order chi connectivity index (χ0) is 15.8. The van der Waals surface area contributed by atoms with Crippen LogP contribution >= 0.6 is 11.6 Å². The summed E-state index contributed by atoms with van der Waals surface area (Å²) in [6.45, 7) is 8.25. The van der Waals surface area contributed by atoms with Gasteiger partial charge in [0.1, 0.15) is 0 Å². The molecule has 0 radical (unpaired) electrons. The van der Waals surface area contributed by atoms with Crippen LogP contribution in [-0.2, 0) is 0 Å². The van der Waals surface area contributed by atoms with Crippen molar-refractivity contribution >= 4 is 17.4 Å². The maximum Gasteiger partial charge on any atom is 0.164 e. The highest BCUT2D eigenvalue weighted by Gasteiger charge is 2.12. The molecule has 1 aromatic carbocycles. The van der Waals surface area contributed by atoms with Crippen LogP contribution in [0.1, 0.15) is 30.6 Å². The summed E-state index contributed by atoms with van der Waals surface area (Å²) in [5, 5.41) is 0.618. The van der Waals surface area contributed by atoms with E-state index in [4.69, 9.17) is 11.6 Å². The van der Waals surface area contributed by atoms with Gasteiger partial charge in [0.2, 0.25) is 0 Å². The van der Waals surface area contributed by atoms with E-state index >= 15 is 0 Å². The Labute approximate surface area is 133 Å². The first-order chi connectivity index (χ1) is 9.88. The zero-order valence-electron chi connectivity index (χ0n) is 13.6. The molecule has 0 aliphatic carbocycles. The molecule has 0 bridgehead atoms. The van der Waals surface area contributed by atoms with Gasteiger partial charge in [-0.25, -0.2) is 0 Å². The molecule has 0 aromatic heterocycles. The van der Waals surface area contributed by atoms with Crippen molar-refractivity contribution in [1.82, 2.24) is 9.80 Å². The minimum Gasteiger partial charge on any atom is -0.308 e. The Morgan fingerprint density at radius 2 is 1.90 bits per heavy atom. The molecule has 0 heterocycles. The first-order valence-electron chi connectivity index (χ1n) is 7.54. The van der Waals surface area contributed by atoms with Crippen LogP contribution in [0.15, 0.2) is 24.3 Å². The summed E-state index contributed by atoms with van der Waals surface area (Å²) in [4.78, 5) is 16.8. The van der Waals surface area contributed by atoms with Crippen LogP contribution in [-0.4, -0.2) is 55.9 Å². The third-order valence-corrected chi connectivity index (χ3v) is 3.52. The van der Waals surface area contributed by atoms with Crippen LogP contribution in [0.4, 0.5) is 0 Å². The fraction of sp³-hybridized carbons (Fsp3) is 0.588. The average Bonchev–Trinajstić information content (AvgIpc) is 2.40. The highest BCUT2D eigenvalue weighted by atomic mass is 35.5. The summed E-state index contributed by atoms with van der Waals surface area (Å²) in [6.07, 6.45) is 0.542. The first-order valence-corrected chi connectivity index (χ1v) is 7.92. The number of Topliss-reactive ketones (excluding diaryl/α,β-unsaturated/α-hetero) is 1. The van der Waals surface area contributed by atoms with Gasteiger partial charge < -0.3 is 9.80 Å². The molecule has 0 N–H and O–H groups in total. The maximum absolute atomic E-state index is 12.2. The SMILES string of the molecule is CC(C)CN(CCC(=O)c1cccc(Cl)c1)CCN(C)C. The summed E-state index contributed by atoms with van der Waals surface area (Å²) >= 11 is 5.94. The lowest BCUT2D eigenvalue weighted by molar-refractivity contribution is 0.0958. The molecule has 4 heteroatoms. The van der Waals surface area contributed by atoms with Gasteiger partial charge in [0, 0.05) is 43.2 Å². The van der Waals surface area contributed by atoms with Crippen molar-refractivity contribution < 1.29 is 4.79 Å². The topological polar surface area (TPSA) is 23.6 Å². The summed E-state index contributed by atoms with van der Waals surface area (Å²) < 4.78 is 0. The molecular formula is C17H27ClN2O. The number of ketones is 1. The molecule has 0 amide bonds. The predicted octanol–water partition coefficient (Wildman–Crippen LogP) is 3.43. The number of likely N-dealkylation sites (N-methyl/N-ethyl adjacent to an activating group) is 1. The lowest BCUT2D eigenvalue weighted by atomic mass is 10.1. The van der Waals surface area contributed by atoms with Gasteiger partial charge in [-0.05, 0) is 32.1 Å². The zero-order valence-corrected chi connectivity index (χ0v) is 14.4. The van der Waals surface area contributed by atoms with Gasteiger partial charge in [0.05, 0.1) is 0 Å². The van der Waals surface area contributed by atoms with Gasteiger partial charge in [-0.15, -0.1) is 0 Å². The van der Waals surface area contributed by atoms with E-state index in [9.17, 15) is 4.79 Å². The van der Waals surface area contributed by atoms with Gasteiger partial charge >= 0.3 is 0 Å². The van der Waals surface area contributed by atoms with Crippen LogP contribution in [0.5, 0.6) is 0 Å². The van der Waals surface area contributed by atoms with E-state index in [1.807, 2.05) is 12.1 Å². The van der Waals surface area contributed by atoms with E-state index in [-0.39, 0.29) is 5.78 Å². The number of nitrogens with zero attached hydrogens (tertiary/aromatic N) is 2. The molecule has 0 aliphatic rings. The second kappa shape index (κ2) is 9.19. The second-order valence-corrected chi connectivity index (χ2v) is 6.62. The van der Waals surface area contributed by atoms with Crippen LogP contribution in [0.25, 0.3) is 0 Å². The second-order valence-electron chi connectivity index (χ2n) is 6.18. The van der Waals surface area contributed by atoms with Crippen molar-refractivity contribution in [3.8, 4) is 0 Å². The number of rotatable bonds is 9. The lowest BCUT2D eigenvalue weighted by Crippen LogP contribution is -2.35. The maximum atomic E-state index is 12.2. The highest BCUT2D eigenvalue weighted by molar-refractivity contribution is 6.31. The number of carbonyl (C=O) groups is 1. The van der Waals surface area contributed by atoms with Crippen LogP contribution < -0.4 is 0 Å². The predicted molar refractivity (Wildman–Crippen MR) is 90.2 cm³/mol. The molecule has 0 fully saturated rings. The quantitative estimate of drug-likeness (QED) is 0.653. The Kier molecular flexibility index (Phi) is 7.94. The lowest BCUT2D eigenvalue weighted by Gasteiger charge is -2.25. The summed E-state index contributed by atoms with van der Waals surface area (Å²) in [5.74, 6) is 0.768. The molecule has 0 saturated carbocycles. The van der Waals surface area contributed by atoms with Gasteiger partial charge in [-0.3, -0.25) is 4.79 Å². The van der Waals surface area contributed by atoms with Gasteiger partial charge in [0.25, 0.3) is 0 Å². The molecule has 0 spiro atoms. The van der Waals surface area contributed by atoms with E-state index < -0.39 is 0 Å². The minimum atomic E-state index is 0.163. The summed E-state index contributed by atoms with van der Waals surface area (Å²) in [5.41, 5.74) is 0.708. The molecule has 1 aromatic rings. The number of hydrogen-bond acceptors (Lipinski definition) is 3. The number of benzene rings is 1. The molecule has 3 nitrogen and oxygen atoms in total. The van der Waals surface area contributed by atoms with E-state index in [0.29, 0.717) is 22.9 Å². The molecule has 0 saturated heterocycles. The minimum absolute atomic E-state index is 0.163. The van der Waals surface area contributed by atoms with Crippen molar-refractivity contribution in [2.45, 2.75) is 20.3 Å². The Hall–Kier alpha value is -0.900. The Morgan fingerprint density at radius 1 is 1.19 bits per heavy atom. The van der Waals surface area contributed by atoms with Gasteiger partial charge in [0.15, 0.2) is 5.78 Å². The molecule has 21 heavy (non-hydrogen) atoms. The van der Waals surface area contributed by atoms with Crippen LogP contribution in [0.3, 0.4) is 0 Å². The normalized spacial score (nSPS) is 11.6. The van der Waals surface area contributed by atoms with Crippen molar-refractivity contribution in [3.05, 3.63) is 34.9 Å². The van der Waals surface area contributed by atoms with E-state index in [0.717, 1.165) is 26.2 Å². The Morgan fingerprint density at radius 3 is 2.48 bits per heavy atom. The standard InChI is InChI=1S/C17H27ClN2O/c1-14(2)13-20(11-10-19(3)4)9-8-17(21)15-6-5-7-16(18)12-15/h5-7,12,14H,8-11,13H2,1-4H3.